The van der Waals surface area contributed by atoms with Gasteiger partial charge in [-0.1, -0.05) is 0 Å². The van der Waals surface area contributed by atoms with Crippen molar-refractivity contribution in [3.05, 3.63) is 0 Å². The molecule has 0 bridgehead atoms. The highest BCUT2D eigenvalue weighted by atomic mass is 32.2. The van der Waals surface area contributed by atoms with Crippen LogP contribution in [-0.2, 0) is 9.84 Å². The molecule has 1 aliphatic rings. The molecule has 1 rings (SSSR count). The fourth-order valence-electron chi connectivity index (χ4n) is 1.04. The second-order valence-electron chi connectivity index (χ2n) is 2.80. The Labute approximate surface area is 77.4 Å². The van der Waals surface area contributed by atoms with Crippen molar-refractivity contribution in [3.8, 4) is 6.07 Å². The topological polar surface area (TPSA) is 82.3 Å². The molecule has 0 amide bonds. The highest BCUT2D eigenvalue weighted by molar-refractivity contribution is 7.92. The molecule has 1 heterocycles. The number of amidine groups is 1. The molecule has 0 aliphatic carbocycles. The lowest BCUT2D eigenvalue weighted by Gasteiger charge is -2.13. The van der Waals surface area contributed by atoms with E-state index in [2.05, 4.69) is 10.3 Å². The molecule has 0 aromatic rings. The van der Waals surface area contributed by atoms with Crippen LogP contribution in [0.5, 0.6) is 0 Å². The van der Waals surface area contributed by atoms with Gasteiger partial charge in [0.15, 0.2) is 9.84 Å². The quantitative estimate of drug-likeness (QED) is 0.655. The van der Waals surface area contributed by atoms with E-state index in [1.54, 1.807) is 6.07 Å². The van der Waals surface area contributed by atoms with Gasteiger partial charge in [-0.25, -0.2) is 8.42 Å². The van der Waals surface area contributed by atoms with Crippen molar-refractivity contribution < 1.29 is 8.42 Å². The van der Waals surface area contributed by atoms with E-state index in [0.717, 1.165) is 13.0 Å². The van der Waals surface area contributed by atoms with Gasteiger partial charge in [0, 0.05) is 13.1 Å². The van der Waals surface area contributed by atoms with Gasteiger partial charge in [0.2, 0.25) is 0 Å². The van der Waals surface area contributed by atoms with E-state index in [0.29, 0.717) is 12.4 Å². The number of rotatable bonds is 3. The lowest BCUT2D eigenvalue weighted by molar-refractivity contribution is 0.602. The van der Waals surface area contributed by atoms with E-state index >= 15 is 0 Å². The SMILES string of the molecule is N#CCS(=O)(=O)CC1=NCCCN1. The third-order valence-corrected chi connectivity index (χ3v) is 2.89. The molecule has 0 saturated carbocycles. The van der Waals surface area contributed by atoms with Gasteiger partial charge in [0.1, 0.15) is 17.3 Å². The summed E-state index contributed by atoms with van der Waals surface area (Å²) in [5.41, 5.74) is 0. The van der Waals surface area contributed by atoms with E-state index in [9.17, 15) is 8.42 Å². The lowest BCUT2D eigenvalue weighted by Crippen LogP contribution is -2.35. The van der Waals surface area contributed by atoms with Gasteiger partial charge in [0.05, 0.1) is 6.07 Å². The highest BCUT2D eigenvalue weighted by Crippen LogP contribution is 1.95. The standard InChI is InChI=1S/C7H11N3O2S/c8-2-5-13(11,12)6-7-9-3-1-4-10-7/h1,3-6H2,(H,9,10). The normalized spacial score (nSPS) is 17.0. The average Bonchev–Trinajstić information content (AvgIpc) is 2.04. The number of sulfone groups is 1. The van der Waals surface area contributed by atoms with Gasteiger partial charge in [0.25, 0.3) is 0 Å². The zero-order valence-corrected chi connectivity index (χ0v) is 7.97. The first kappa shape index (κ1) is 9.99. The van der Waals surface area contributed by atoms with E-state index < -0.39 is 15.6 Å². The van der Waals surface area contributed by atoms with Gasteiger partial charge in [-0.3, -0.25) is 4.99 Å². The summed E-state index contributed by atoms with van der Waals surface area (Å²) in [6.45, 7) is 1.44. The smallest absolute Gasteiger partial charge is 0.170 e. The molecule has 0 unspecified atom stereocenters. The van der Waals surface area contributed by atoms with Crippen LogP contribution in [0, 0.1) is 11.3 Å². The second kappa shape index (κ2) is 4.23. The average molecular weight is 201 g/mol. The molecule has 0 saturated heterocycles. The molecule has 1 aliphatic heterocycles. The molecule has 0 aromatic carbocycles. The minimum Gasteiger partial charge on any atom is -0.373 e. The van der Waals surface area contributed by atoms with E-state index in [1.807, 2.05) is 0 Å². The van der Waals surface area contributed by atoms with Crippen LogP contribution in [0.2, 0.25) is 0 Å². The summed E-state index contributed by atoms with van der Waals surface area (Å²) in [6.07, 6.45) is 0.932. The van der Waals surface area contributed by atoms with Crippen LogP contribution in [0.3, 0.4) is 0 Å². The number of hydrogen-bond donors (Lipinski definition) is 1. The third-order valence-electron chi connectivity index (χ3n) is 1.61. The molecule has 5 nitrogen and oxygen atoms in total. The zero-order chi connectivity index (χ0) is 9.73. The molecular weight excluding hydrogens is 190 g/mol. The number of nitrogens with one attached hydrogen (secondary N) is 1. The Morgan fingerprint density at radius 3 is 2.92 bits per heavy atom. The lowest BCUT2D eigenvalue weighted by atomic mass is 10.4. The third kappa shape index (κ3) is 3.42. The van der Waals surface area contributed by atoms with Crippen molar-refractivity contribution in [3.63, 3.8) is 0 Å². The first-order valence-corrected chi connectivity index (χ1v) is 5.81. The van der Waals surface area contributed by atoms with Crippen LogP contribution in [0.1, 0.15) is 6.42 Å². The monoisotopic (exact) mass is 201 g/mol. The van der Waals surface area contributed by atoms with Crippen LogP contribution in [-0.4, -0.2) is 38.8 Å². The van der Waals surface area contributed by atoms with Gasteiger partial charge in [-0.2, -0.15) is 5.26 Å². The van der Waals surface area contributed by atoms with Crippen LogP contribution in [0.4, 0.5) is 0 Å². The van der Waals surface area contributed by atoms with Crippen LogP contribution in [0.25, 0.3) is 0 Å². The molecule has 13 heavy (non-hydrogen) atoms. The Kier molecular flexibility index (Phi) is 3.25. The summed E-state index contributed by atoms with van der Waals surface area (Å²) in [7, 11) is -3.29. The van der Waals surface area contributed by atoms with Crippen molar-refractivity contribution in [1.82, 2.24) is 5.32 Å². The molecule has 0 atom stereocenters. The Bertz CT molecular complexity index is 339. The predicted molar refractivity (Wildman–Crippen MR) is 49.2 cm³/mol. The van der Waals surface area contributed by atoms with Gasteiger partial charge in [-0.15, -0.1) is 0 Å². The number of hydrogen-bond acceptors (Lipinski definition) is 5. The molecular formula is C7H11N3O2S. The Morgan fingerprint density at radius 2 is 2.38 bits per heavy atom. The fourth-order valence-corrected chi connectivity index (χ4v) is 1.94. The van der Waals surface area contributed by atoms with Crippen LogP contribution >= 0.6 is 0 Å². The minimum atomic E-state index is -3.29. The number of aliphatic imine (C=N–C) groups is 1. The Hall–Kier alpha value is -1.09. The van der Waals surface area contributed by atoms with Gasteiger partial charge >= 0.3 is 0 Å². The number of nitrogens with zero attached hydrogens (tertiary/aromatic N) is 2. The first-order chi connectivity index (χ1) is 6.14. The van der Waals surface area contributed by atoms with Crippen LogP contribution in [0.15, 0.2) is 4.99 Å². The summed E-state index contributed by atoms with van der Waals surface area (Å²) in [4.78, 5) is 4.01. The van der Waals surface area contributed by atoms with Crippen molar-refractivity contribution in [2.45, 2.75) is 6.42 Å². The van der Waals surface area contributed by atoms with Crippen molar-refractivity contribution in [2.75, 3.05) is 24.6 Å². The van der Waals surface area contributed by atoms with Crippen LogP contribution < -0.4 is 5.32 Å². The molecule has 1 N–H and O–H groups in total. The Balaban J connectivity index is 2.58. The molecule has 0 radical (unpaired) electrons. The van der Waals surface area contributed by atoms with Gasteiger partial charge in [-0.05, 0) is 6.42 Å². The largest absolute Gasteiger partial charge is 0.373 e. The summed E-state index contributed by atoms with van der Waals surface area (Å²) >= 11 is 0. The molecule has 0 spiro atoms. The Morgan fingerprint density at radius 1 is 1.62 bits per heavy atom. The summed E-state index contributed by atoms with van der Waals surface area (Å²) in [5, 5.41) is 11.1. The first-order valence-electron chi connectivity index (χ1n) is 3.98. The summed E-state index contributed by atoms with van der Waals surface area (Å²) in [6, 6.07) is 1.63. The van der Waals surface area contributed by atoms with E-state index in [4.69, 9.17) is 5.26 Å². The van der Waals surface area contributed by atoms with Crippen molar-refractivity contribution in [1.29, 1.82) is 5.26 Å². The van der Waals surface area contributed by atoms with E-state index in [1.165, 1.54) is 0 Å². The predicted octanol–water partition coefficient (Wildman–Crippen LogP) is -0.683. The second-order valence-corrected chi connectivity index (χ2v) is 4.86. The minimum absolute atomic E-state index is 0.138. The highest BCUT2D eigenvalue weighted by Gasteiger charge is 2.15. The maximum absolute atomic E-state index is 11.2. The molecule has 6 heteroatoms. The summed E-state index contributed by atoms with van der Waals surface area (Å²) in [5.74, 6) is -0.0876. The van der Waals surface area contributed by atoms with E-state index in [-0.39, 0.29) is 5.75 Å². The molecule has 0 aromatic heterocycles. The summed E-state index contributed by atoms with van der Waals surface area (Å²) < 4.78 is 22.3. The number of nitriles is 1. The van der Waals surface area contributed by atoms with Crippen molar-refractivity contribution >= 4 is 15.7 Å². The fraction of sp³-hybridized carbons (Fsp3) is 0.714. The zero-order valence-electron chi connectivity index (χ0n) is 7.15. The maximum atomic E-state index is 11.2. The van der Waals surface area contributed by atoms with Gasteiger partial charge < -0.3 is 5.32 Å². The molecule has 0 fully saturated rings. The maximum Gasteiger partial charge on any atom is 0.170 e. The molecule has 72 valence electrons. The van der Waals surface area contributed by atoms with Crippen molar-refractivity contribution in [2.24, 2.45) is 4.99 Å².